The van der Waals surface area contributed by atoms with Crippen molar-refractivity contribution in [3.63, 3.8) is 0 Å². The summed E-state index contributed by atoms with van der Waals surface area (Å²) in [6.45, 7) is 3.18. The minimum Gasteiger partial charge on any atom is -0.495 e. The minimum absolute atomic E-state index is 0.139. The molecule has 11 heteroatoms. The number of nitrogens with two attached hydrogens (primary N) is 1. The van der Waals surface area contributed by atoms with E-state index < -0.39 is 0 Å². The van der Waals surface area contributed by atoms with E-state index in [1.165, 1.54) is 0 Å². The molecule has 0 unspecified atom stereocenters. The number of aliphatic hydroxyl groups is 1. The summed E-state index contributed by atoms with van der Waals surface area (Å²) >= 11 is 6.35. The number of aromatic nitrogens is 4. The Morgan fingerprint density at radius 1 is 1.06 bits per heavy atom. The lowest BCUT2D eigenvalue weighted by Crippen LogP contribution is -2.47. The third kappa shape index (κ3) is 4.57. The number of anilines is 4. The molecule has 0 bridgehead atoms. The number of nitrogens with zero attached hydrogens (tertiary/aromatic N) is 7. The molecule has 0 spiro atoms. The molecule has 1 fully saturated rings. The van der Waals surface area contributed by atoms with Gasteiger partial charge in [-0.15, -0.1) is 0 Å². The Morgan fingerprint density at radius 3 is 2.50 bits per heavy atom. The first-order valence-electron chi connectivity index (χ1n) is 11.6. The molecule has 1 aromatic carbocycles. The minimum atomic E-state index is -0.139. The Kier molecular flexibility index (Phi) is 6.46. The van der Waals surface area contributed by atoms with E-state index in [0.717, 1.165) is 60.4 Å². The third-order valence-corrected chi connectivity index (χ3v) is 6.71. The van der Waals surface area contributed by atoms with Crippen LogP contribution < -0.4 is 25.2 Å². The molecule has 1 aliphatic rings. The summed E-state index contributed by atoms with van der Waals surface area (Å²) in [5.41, 5.74) is 10.1. The smallest absolute Gasteiger partial charge is 0.223 e. The summed E-state index contributed by atoms with van der Waals surface area (Å²) in [4.78, 5) is 20.0. The van der Waals surface area contributed by atoms with Crippen LogP contribution in [0.5, 0.6) is 5.75 Å². The number of ether oxygens (including phenoxy) is 1. The summed E-state index contributed by atoms with van der Waals surface area (Å²) in [6.07, 6.45) is 3.95. The van der Waals surface area contributed by atoms with Gasteiger partial charge in [-0.05, 0) is 23.8 Å². The number of methoxy groups -OCH3 is 1. The van der Waals surface area contributed by atoms with Crippen molar-refractivity contribution in [2.75, 3.05) is 67.8 Å². The third-order valence-electron chi connectivity index (χ3n) is 6.41. The van der Waals surface area contributed by atoms with E-state index in [0.29, 0.717) is 16.3 Å². The highest BCUT2D eigenvalue weighted by molar-refractivity contribution is 6.32. The number of pyridine rings is 1. The van der Waals surface area contributed by atoms with Crippen molar-refractivity contribution in [2.45, 2.75) is 6.61 Å². The van der Waals surface area contributed by atoms with Gasteiger partial charge in [0.25, 0.3) is 0 Å². The molecule has 3 N–H and O–H groups in total. The van der Waals surface area contributed by atoms with E-state index in [-0.39, 0.29) is 12.6 Å². The maximum absolute atomic E-state index is 9.88. The van der Waals surface area contributed by atoms with Gasteiger partial charge in [-0.1, -0.05) is 11.6 Å². The number of aliphatic hydroxyl groups excluding tert-OH is 1. The van der Waals surface area contributed by atoms with Crippen LogP contribution in [0, 0.1) is 0 Å². The molecule has 3 aromatic heterocycles. The van der Waals surface area contributed by atoms with Crippen LogP contribution in [0.2, 0.25) is 5.02 Å². The molecule has 36 heavy (non-hydrogen) atoms. The number of nitrogen functional groups attached to an aromatic ring is 1. The molecule has 4 heterocycles. The maximum Gasteiger partial charge on any atom is 0.223 e. The van der Waals surface area contributed by atoms with Gasteiger partial charge in [-0.2, -0.15) is 9.97 Å². The molecule has 1 saturated heterocycles. The van der Waals surface area contributed by atoms with Gasteiger partial charge in [-0.3, -0.25) is 0 Å². The van der Waals surface area contributed by atoms with Crippen LogP contribution in [-0.4, -0.2) is 71.8 Å². The van der Waals surface area contributed by atoms with Crippen LogP contribution >= 0.6 is 11.6 Å². The Morgan fingerprint density at radius 2 is 1.81 bits per heavy atom. The second-order valence-corrected chi connectivity index (χ2v) is 9.30. The maximum atomic E-state index is 9.88. The van der Waals surface area contributed by atoms with E-state index in [2.05, 4.69) is 31.9 Å². The topological polar surface area (TPSA) is 108 Å². The molecule has 0 amide bonds. The van der Waals surface area contributed by atoms with Crippen LogP contribution in [0.3, 0.4) is 0 Å². The SMILES string of the molecule is COc1cc(CO)c(-c2cn3ccc(N4CCN(c5cc(N(C)C)nc(N)n5)CC4)cc3n2)cc1Cl. The second kappa shape index (κ2) is 9.71. The lowest BCUT2D eigenvalue weighted by molar-refractivity contribution is 0.281. The van der Waals surface area contributed by atoms with Crippen molar-refractivity contribution >= 4 is 40.5 Å². The fourth-order valence-corrected chi connectivity index (χ4v) is 4.68. The van der Waals surface area contributed by atoms with E-state index in [1.807, 2.05) is 41.9 Å². The first kappa shape index (κ1) is 24.0. The number of hydrogen-bond acceptors (Lipinski definition) is 9. The van der Waals surface area contributed by atoms with E-state index in [1.54, 1.807) is 19.2 Å². The van der Waals surface area contributed by atoms with Gasteiger partial charge in [0.15, 0.2) is 0 Å². The predicted octanol–water partition coefficient (Wildman–Crippen LogP) is 2.92. The van der Waals surface area contributed by atoms with E-state index in [9.17, 15) is 5.11 Å². The van der Waals surface area contributed by atoms with Crippen molar-refractivity contribution in [3.05, 3.63) is 53.3 Å². The fourth-order valence-electron chi connectivity index (χ4n) is 4.44. The van der Waals surface area contributed by atoms with Crippen molar-refractivity contribution in [3.8, 4) is 17.0 Å². The predicted molar refractivity (Wildman–Crippen MR) is 143 cm³/mol. The van der Waals surface area contributed by atoms with Crippen molar-refractivity contribution < 1.29 is 9.84 Å². The van der Waals surface area contributed by atoms with Crippen LogP contribution in [0.25, 0.3) is 16.9 Å². The molecule has 5 rings (SSSR count). The zero-order chi connectivity index (χ0) is 25.4. The summed E-state index contributed by atoms with van der Waals surface area (Å²) in [5, 5.41) is 10.4. The number of piperazine rings is 1. The largest absolute Gasteiger partial charge is 0.495 e. The molecule has 1 aliphatic heterocycles. The van der Waals surface area contributed by atoms with Crippen molar-refractivity contribution in [1.29, 1.82) is 0 Å². The number of benzene rings is 1. The van der Waals surface area contributed by atoms with Gasteiger partial charge in [0.1, 0.15) is 23.0 Å². The van der Waals surface area contributed by atoms with Crippen LogP contribution in [0.4, 0.5) is 23.3 Å². The quantitative estimate of drug-likeness (QED) is 0.406. The van der Waals surface area contributed by atoms with Gasteiger partial charge in [-0.25, -0.2) is 4.98 Å². The zero-order valence-electron chi connectivity index (χ0n) is 20.5. The molecule has 4 aromatic rings. The molecule has 0 radical (unpaired) electrons. The summed E-state index contributed by atoms with van der Waals surface area (Å²) in [7, 11) is 5.43. The number of rotatable bonds is 6. The highest BCUT2D eigenvalue weighted by atomic mass is 35.5. The van der Waals surface area contributed by atoms with E-state index in [4.69, 9.17) is 27.1 Å². The Hall–Kier alpha value is -3.76. The van der Waals surface area contributed by atoms with Crippen LogP contribution in [0.15, 0.2) is 42.7 Å². The molecule has 10 nitrogen and oxygen atoms in total. The monoisotopic (exact) mass is 508 g/mol. The van der Waals surface area contributed by atoms with Crippen LogP contribution in [0.1, 0.15) is 5.56 Å². The zero-order valence-corrected chi connectivity index (χ0v) is 21.3. The van der Waals surface area contributed by atoms with Crippen molar-refractivity contribution in [2.24, 2.45) is 0 Å². The summed E-state index contributed by atoms with van der Waals surface area (Å²) < 4.78 is 7.26. The summed E-state index contributed by atoms with van der Waals surface area (Å²) in [5.74, 6) is 2.44. The molecule has 188 valence electrons. The van der Waals surface area contributed by atoms with Gasteiger partial charge in [0.05, 0.1) is 24.4 Å². The first-order valence-corrected chi connectivity index (χ1v) is 12.0. The number of hydrogen-bond donors (Lipinski definition) is 2. The van der Waals surface area contributed by atoms with E-state index >= 15 is 0 Å². The van der Waals surface area contributed by atoms with Gasteiger partial charge < -0.3 is 34.7 Å². The Bertz CT molecular complexity index is 1400. The Balaban J connectivity index is 1.36. The standard InChI is InChI=1S/C25H29ClN8O2/c1-31(2)22-13-24(30-25(27)29-22)33-8-6-32(7-9-33)17-4-5-34-14-20(28-23(34)11-17)18-12-19(26)21(36-3)10-16(18)15-35/h4-5,10-14,35H,6-9,15H2,1-3H3,(H2,27,29,30). The number of imidazole rings is 1. The second-order valence-electron chi connectivity index (χ2n) is 8.89. The van der Waals surface area contributed by atoms with Gasteiger partial charge in [0.2, 0.25) is 5.95 Å². The van der Waals surface area contributed by atoms with Gasteiger partial charge in [0, 0.05) is 76.1 Å². The molecule has 0 aliphatic carbocycles. The average molecular weight is 509 g/mol. The molecular weight excluding hydrogens is 480 g/mol. The fraction of sp³-hybridized carbons (Fsp3) is 0.320. The molecule has 0 atom stereocenters. The van der Waals surface area contributed by atoms with Crippen LogP contribution in [-0.2, 0) is 6.61 Å². The molecule has 0 saturated carbocycles. The highest BCUT2D eigenvalue weighted by Gasteiger charge is 2.21. The number of fused-ring (bicyclic) bond motifs is 1. The Labute approximate surface area is 214 Å². The van der Waals surface area contributed by atoms with Crippen molar-refractivity contribution in [1.82, 2.24) is 19.4 Å². The highest BCUT2D eigenvalue weighted by Crippen LogP contribution is 2.34. The average Bonchev–Trinajstić information content (AvgIpc) is 3.31. The van der Waals surface area contributed by atoms with Gasteiger partial charge >= 0.3 is 0 Å². The lowest BCUT2D eigenvalue weighted by Gasteiger charge is -2.37. The normalized spacial score (nSPS) is 13.9. The first-order chi connectivity index (χ1) is 17.4. The number of halogens is 1. The summed E-state index contributed by atoms with van der Waals surface area (Å²) in [6, 6.07) is 9.68. The lowest BCUT2D eigenvalue weighted by atomic mass is 10.1. The molecular formula is C25H29ClN8O2.